The molecule has 6 heteroatoms. The van der Waals surface area contributed by atoms with Crippen LogP contribution in [0.15, 0.2) is 0 Å². The van der Waals surface area contributed by atoms with Gasteiger partial charge in [0.2, 0.25) is 0 Å². The zero-order valence-corrected chi connectivity index (χ0v) is 9.09. The van der Waals surface area contributed by atoms with Gasteiger partial charge in [-0.15, -0.1) is 0 Å². The third-order valence-electron chi connectivity index (χ3n) is 0.349. The Balaban J connectivity index is 0. The molecule has 0 saturated heterocycles. The molecule has 0 aliphatic carbocycles. The molecule has 0 heterocycles. The molecule has 0 unspecified atom stereocenters. The van der Waals surface area contributed by atoms with E-state index >= 15 is 0 Å². The third kappa shape index (κ3) is 9.83. The van der Waals surface area contributed by atoms with Gasteiger partial charge < -0.3 is 5.11 Å². The third-order valence-corrected chi connectivity index (χ3v) is 1.05. The van der Waals surface area contributed by atoms with E-state index in [1.165, 1.54) is 0 Å². The van der Waals surface area contributed by atoms with Crippen LogP contribution in [0.3, 0.4) is 0 Å². The number of aliphatic hydroxyl groups excluding tert-OH is 1. The van der Waals surface area contributed by atoms with E-state index in [4.69, 9.17) is 9.66 Å². The van der Waals surface area contributed by atoms with Crippen molar-refractivity contribution in [1.82, 2.24) is 0 Å². The van der Waals surface area contributed by atoms with Crippen molar-refractivity contribution in [2.75, 3.05) is 12.4 Å². The van der Waals surface area contributed by atoms with Crippen molar-refractivity contribution >= 4 is 34.0 Å². The van der Waals surface area contributed by atoms with Crippen LogP contribution in [0.25, 0.3) is 0 Å². The van der Waals surface area contributed by atoms with E-state index in [9.17, 15) is 8.42 Å². The van der Waals surface area contributed by atoms with Gasteiger partial charge in [-0.3, -0.25) is 4.55 Å². The van der Waals surface area contributed by atoms with Crippen LogP contribution in [0.4, 0.5) is 0 Å². The molecule has 0 atom stereocenters. The molecule has 0 aliphatic heterocycles. The Morgan fingerprint density at radius 3 is 1.75 bits per heavy atom. The zero-order valence-electron chi connectivity index (χ0n) is 4.24. The summed E-state index contributed by atoms with van der Waals surface area (Å²) < 4.78 is 27.1. The minimum atomic E-state index is -3.92. The molecule has 0 aromatic heterocycles. The molecule has 0 spiro atoms. The molecule has 8 heavy (non-hydrogen) atoms. The molecule has 0 saturated carbocycles. The molecule has 0 aromatic rings. The number of aliphatic hydroxyl groups is 1. The topological polar surface area (TPSA) is 74.6 Å². The maximum absolute atomic E-state index is 9.63. The summed E-state index contributed by atoms with van der Waals surface area (Å²) in [5.41, 5.74) is 0. The van der Waals surface area contributed by atoms with Crippen LogP contribution >= 0.6 is 0 Å². The van der Waals surface area contributed by atoms with Crippen molar-refractivity contribution in [2.24, 2.45) is 0 Å². The summed E-state index contributed by atoms with van der Waals surface area (Å²) in [5, 5.41) is 7.86. The fourth-order valence-corrected chi connectivity index (χ4v) is 0.346. The van der Waals surface area contributed by atoms with E-state index in [0.29, 0.717) is 0 Å². The standard InChI is InChI=1S/C2H6O4S.Sn.2H/c3-1-2-7(4,5)6;;;/h3H,1-2H2,(H,4,5,6);;;. The number of hydrogen-bond acceptors (Lipinski definition) is 3. The number of hydrogen-bond donors (Lipinski definition) is 2. The molecular formula is C2H8O4SSn. The Kier molecular flexibility index (Phi) is 6.50. The van der Waals surface area contributed by atoms with Crippen LogP contribution in [-0.4, -0.2) is 54.3 Å². The Bertz CT molecular complexity index is 127. The Labute approximate surface area is 64.6 Å². The first kappa shape index (κ1) is 11.5. The molecular weight excluding hydrogens is 239 g/mol. The second-order valence-corrected chi connectivity index (χ2v) is 2.58. The summed E-state index contributed by atoms with van der Waals surface area (Å²) in [6.45, 7) is -0.529. The summed E-state index contributed by atoms with van der Waals surface area (Å²) in [4.78, 5) is 0. The van der Waals surface area contributed by atoms with Crippen molar-refractivity contribution < 1.29 is 18.1 Å². The van der Waals surface area contributed by atoms with Crippen molar-refractivity contribution in [3.63, 3.8) is 0 Å². The Morgan fingerprint density at radius 2 is 1.75 bits per heavy atom. The molecule has 0 aliphatic rings. The first-order valence-electron chi connectivity index (χ1n) is 1.62. The maximum atomic E-state index is 9.63. The summed E-state index contributed by atoms with van der Waals surface area (Å²) in [5.74, 6) is -0.576. The Morgan fingerprint density at radius 1 is 1.38 bits per heavy atom. The Hall–Kier alpha value is 0.669. The molecule has 0 aromatic carbocycles. The molecule has 2 N–H and O–H groups in total. The molecule has 0 bridgehead atoms. The molecule has 0 fully saturated rings. The van der Waals surface area contributed by atoms with Gasteiger partial charge in [-0.05, 0) is 0 Å². The van der Waals surface area contributed by atoms with Gasteiger partial charge >= 0.3 is 23.9 Å². The fourth-order valence-electron chi connectivity index (χ4n) is 0.115. The average Bonchev–Trinajstić information content (AvgIpc) is 1.30. The van der Waals surface area contributed by atoms with Crippen molar-refractivity contribution in [2.45, 2.75) is 0 Å². The molecule has 50 valence electrons. The van der Waals surface area contributed by atoms with E-state index in [1.54, 1.807) is 0 Å². The summed E-state index contributed by atoms with van der Waals surface area (Å²) in [6.07, 6.45) is 0. The second-order valence-electron chi connectivity index (χ2n) is 1.01. The first-order chi connectivity index (χ1) is 3.06. The van der Waals surface area contributed by atoms with Crippen LogP contribution in [0.1, 0.15) is 0 Å². The van der Waals surface area contributed by atoms with Gasteiger partial charge in [0.15, 0.2) is 0 Å². The van der Waals surface area contributed by atoms with Crippen LogP contribution in [0.5, 0.6) is 0 Å². The van der Waals surface area contributed by atoms with Gasteiger partial charge in [-0.1, -0.05) is 0 Å². The van der Waals surface area contributed by atoms with Gasteiger partial charge in [-0.2, -0.15) is 8.42 Å². The number of rotatable bonds is 2. The SMILES string of the molecule is O=S(=O)(O)CCO.[SnH2]. The average molecular weight is 247 g/mol. The van der Waals surface area contributed by atoms with Crippen LogP contribution in [0, 0.1) is 0 Å². The van der Waals surface area contributed by atoms with E-state index < -0.39 is 22.5 Å². The molecule has 0 rings (SSSR count). The van der Waals surface area contributed by atoms with Gasteiger partial charge in [0.05, 0.1) is 12.4 Å². The summed E-state index contributed by atoms with van der Waals surface area (Å²) in [7, 11) is -3.92. The summed E-state index contributed by atoms with van der Waals surface area (Å²) >= 11 is 0. The minimum absolute atomic E-state index is 0. The fraction of sp³-hybridized carbons (Fsp3) is 1.00. The van der Waals surface area contributed by atoms with E-state index in [1.807, 2.05) is 0 Å². The van der Waals surface area contributed by atoms with Crippen LogP contribution < -0.4 is 0 Å². The molecule has 0 amide bonds. The second kappa shape index (κ2) is 4.54. The van der Waals surface area contributed by atoms with E-state index in [-0.39, 0.29) is 23.9 Å². The quantitative estimate of drug-likeness (QED) is 0.435. The first-order valence-corrected chi connectivity index (χ1v) is 3.23. The monoisotopic (exact) mass is 248 g/mol. The summed E-state index contributed by atoms with van der Waals surface area (Å²) in [6, 6.07) is 0. The van der Waals surface area contributed by atoms with Crippen molar-refractivity contribution in [3.8, 4) is 0 Å². The van der Waals surface area contributed by atoms with Gasteiger partial charge in [-0.25, -0.2) is 0 Å². The van der Waals surface area contributed by atoms with Gasteiger partial charge in [0, 0.05) is 0 Å². The van der Waals surface area contributed by atoms with Crippen LogP contribution in [-0.2, 0) is 10.1 Å². The van der Waals surface area contributed by atoms with Crippen molar-refractivity contribution in [1.29, 1.82) is 0 Å². The van der Waals surface area contributed by atoms with Gasteiger partial charge in [0.25, 0.3) is 10.1 Å². The van der Waals surface area contributed by atoms with E-state index in [2.05, 4.69) is 0 Å². The zero-order chi connectivity index (χ0) is 5.91. The normalized spacial score (nSPS) is 10.2. The van der Waals surface area contributed by atoms with Crippen molar-refractivity contribution in [3.05, 3.63) is 0 Å². The van der Waals surface area contributed by atoms with E-state index in [0.717, 1.165) is 0 Å². The van der Waals surface area contributed by atoms with Gasteiger partial charge in [0.1, 0.15) is 0 Å². The molecule has 2 radical (unpaired) electrons. The van der Waals surface area contributed by atoms with Crippen LogP contribution in [0.2, 0.25) is 0 Å². The predicted octanol–water partition coefficient (Wildman–Crippen LogP) is -2.05. The predicted molar refractivity (Wildman–Crippen MR) is 32.0 cm³/mol. The molecule has 4 nitrogen and oxygen atoms in total.